The molecule has 0 bridgehead atoms. The molecule has 152 valence electrons. The number of benzene rings is 2. The van der Waals surface area contributed by atoms with E-state index in [0.29, 0.717) is 6.42 Å². The first-order valence-corrected chi connectivity index (χ1v) is 9.49. The zero-order valence-electron chi connectivity index (χ0n) is 16.5. The zero-order chi connectivity index (χ0) is 20.9. The summed E-state index contributed by atoms with van der Waals surface area (Å²) < 4.78 is 5.21. The van der Waals surface area contributed by atoms with Gasteiger partial charge in [-0.15, -0.1) is 0 Å². The molecule has 29 heavy (non-hydrogen) atoms. The van der Waals surface area contributed by atoms with E-state index in [1.54, 1.807) is 13.8 Å². The third-order valence-corrected chi connectivity index (χ3v) is 4.61. The van der Waals surface area contributed by atoms with Crippen LogP contribution in [-0.4, -0.2) is 29.5 Å². The van der Waals surface area contributed by atoms with Crippen LogP contribution in [0.3, 0.4) is 0 Å². The van der Waals surface area contributed by atoms with Crippen LogP contribution in [0.25, 0.3) is 0 Å². The summed E-state index contributed by atoms with van der Waals surface area (Å²) in [5.74, 6) is -0.567. The van der Waals surface area contributed by atoms with Gasteiger partial charge in [0.1, 0.15) is 12.6 Å². The molecule has 0 fully saturated rings. The lowest BCUT2D eigenvalue weighted by atomic mass is 9.97. The van der Waals surface area contributed by atoms with Crippen molar-refractivity contribution in [1.29, 1.82) is 0 Å². The number of ether oxygens (including phenoxy) is 1. The number of rotatable bonds is 6. The fraction of sp³-hybridized carbons (Fsp3) is 0.318. The van der Waals surface area contributed by atoms with Crippen molar-refractivity contribution in [3.63, 3.8) is 0 Å². The molecule has 1 heterocycles. The van der Waals surface area contributed by atoms with Crippen LogP contribution < -0.4 is 16.0 Å². The normalized spacial score (nSPS) is 15.7. The topological polar surface area (TPSA) is 96.5 Å². The molecule has 3 amide bonds. The minimum absolute atomic E-state index is 0.0128. The molecule has 3 rings (SSSR count). The molecule has 1 unspecified atom stereocenters. The highest BCUT2D eigenvalue weighted by molar-refractivity contribution is 6.00. The first kappa shape index (κ1) is 20.4. The molecule has 0 radical (unpaired) electrons. The highest BCUT2D eigenvalue weighted by Crippen LogP contribution is 2.22. The highest BCUT2D eigenvalue weighted by Gasteiger charge is 2.30. The predicted octanol–water partition coefficient (Wildman–Crippen LogP) is 2.76. The summed E-state index contributed by atoms with van der Waals surface area (Å²) in [7, 11) is 0. The average Bonchev–Trinajstić information content (AvgIpc) is 2.67. The number of carbonyl (C=O) groups is 3. The van der Waals surface area contributed by atoms with Crippen molar-refractivity contribution in [2.75, 3.05) is 5.32 Å². The van der Waals surface area contributed by atoms with Crippen LogP contribution >= 0.6 is 0 Å². The standard InChI is InChI=1S/C22H25N3O4/c1-22(2,25-21(28)29-14-15-8-4-3-5-9-15)13-19(26)23-18-12-16-10-6-7-11-17(16)24-20(18)27/h3-11,18H,12-14H2,1-2H3,(H,23,26)(H,24,27)(H,25,28). The number of hydrogen-bond acceptors (Lipinski definition) is 4. The molecule has 7 nitrogen and oxygen atoms in total. The van der Waals surface area contributed by atoms with Gasteiger partial charge in [0, 0.05) is 24.1 Å². The Kier molecular flexibility index (Phi) is 6.16. The molecule has 0 aliphatic carbocycles. The molecular weight excluding hydrogens is 370 g/mol. The minimum Gasteiger partial charge on any atom is -0.445 e. The molecule has 0 aromatic heterocycles. The summed E-state index contributed by atoms with van der Waals surface area (Å²) in [5.41, 5.74) is 1.79. The summed E-state index contributed by atoms with van der Waals surface area (Å²) in [6, 6.07) is 16.2. The third kappa shape index (κ3) is 5.81. The van der Waals surface area contributed by atoms with E-state index >= 15 is 0 Å². The Bertz CT molecular complexity index is 896. The quantitative estimate of drug-likeness (QED) is 0.701. The van der Waals surface area contributed by atoms with Gasteiger partial charge in [-0.25, -0.2) is 4.79 Å². The maximum Gasteiger partial charge on any atom is 0.407 e. The largest absolute Gasteiger partial charge is 0.445 e. The number of amides is 3. The van der Waals surface area contributed by atoms with Crippen molar-refractivity contribution in [3.05, 3.63) is 65.7 Å². The first-order valence-electron chi connectivity index (χ1n) is 9.49. The van der Waals surface area contributed by atoms with Crippen molar-refractivity contribution in [1.82, 2.24) is 10.6 Å². The maximum atomic E-state index is 12.5. The molecule has 1 aliphatic rings. The van der Waals surface area contributed by atoms with E-state index in [1.165, 1.54) is 0 Å². The predicted molar refractivity (Wildman–Crippen MR) is 109 cm³/mol. The zero-order valence-corrected chi connectivity index (χ0v) is 16.5. The van der Waals surface area contributed by atoms with Gasteiger partial charge in [0.2, 0.25) is 11.8 Å². The van der Waals surface area contributed by atoms with E-state index < -0.39 is 17.7 Å². The van der Waals surface area contributed by atoms with Crippen LogP contribution in [0.5, 0.6) is 0 Å². The summed E-state index contributed by atoms with van der Waals surface area (Å²) in [6.07, 6.45) is -0.157. The third-order valence-electron chi connectivity index (χ3n) is 4.61. The Hall–Kier alpha value is -3.35. The fourth-order valence-electron chi connectivity index (χ4n) is 3.20. The number of alkyl carbamates (subject to hydrolysis) is 1. The van der Waals surface area contributed by atoms with Crippen molar-refractivity contribution in [3.8, 4) is 0 Å². The highest BCUT2D eigenvalue weighted by atomic mass is 16.5. The van der Waals surface area contributed by atoms with Gasteiger partial charge in [-0.2, -0.15) is 0 Å². The van der Waals surface area contributed by atoms with Gasteiger partial charge < -0.3 is 20.7 Å². The number of hydrogen-bond donors (Lipinski definition) is 3. The molecule has 0 saturated heterocycles. The van der Waals surface area contributed by atoms with Crippen LogP contribution in [-0.2, 0) is 27.4 Å². The van der Waals surface area contributed by atoms with Crippen LogP contribution in [0.15, 0.2) is 54.6 Å². The average molecular weight is 395 g/mol. The van der Waals surface area contributed by atoms with E-state index in [4.69, 9.17) is 4.74 Å². The van der Waals surface area contributed by atoms with Gasteiger partial charge in [0.05, 0.1) is 0 Å². The molecule has 2 aromatic carbocycles. The monoisotopic (exact) mass is 395 g/mol. The van der Waals surface area contributed by atoms with Crippen molar-refractivity contribution >= 4 is 23.6 Å². The molecule has 3 N–H and O–H groups in total. The molecule has 7 heteroatoms. The number of carbonyl (C=O) groups excluding carboxylic acids is 3. The number of para-hydroxylation sites is 1. The van der Waals surface area contributed by atoms with Crippen LogP contribution in [0.1, 0.15) is 31.4 Å². The van der Waals surface area contributed by atoms with Gasteiger partial charge in [0.25, 0.3) is 0 Å². The second-order valence-corrected chi connectivity index (χ2v) is 7.72. The summed E-state index contributed by atoms with van der Waals surface area (Å²) in [4.78, 5) is 36.8. The second-order valence-electron chi connectivity index (χ2n) is 7.72. The van der Waals surface area contributed by atoms with Gasteiger partial charge >= 0.3 is 6.09 Å². The molecule has 1 atom stereocenters. The van der Waals surface area contributed by atoms with Gasteiger partial charge in [-0.05, 0) is 31.0 Å². The Morgan fingerprint density at radius 1 is 1.10 bits per heavy atom. The van der Waals surface area contributed by atoms with E-state index in [1.807, 2.05) is 54.6 Å². The molecule has 0 saturated carbocycles. The van der Waals surface area contributed by atoms with E-state index in [0.717, 1.165) is 16.8 Å². The second kappa shape index (κ2) is 8.77. The summed E-state index contributed by atoms with van der Waals surface area (Å²) in [5, 5.41) is 8.25. The SMILES string of the molecule is CC(C)(CC(=O)NC1Cc2ccccc2NC1=O)NC(=O)OCc1ccccc1. The van der Waals surface area contributed by atoms with E-state index in [9.17, 15) is 14.4 Å². The lowest BCUT2D eigenvalue weighted by Crippen LogP contribution is -2.51. The van der Waals surface area contributed by atoms with Crippen molar-refractivity contribution in [2.24, 2.45) is 0 Å². The van der Waals surface area contributed by atoms with Gasteiger partial charge in [0.15, 0.2) is 0 Å². The lowest BCUT2D eigenvalue weighted by Gasteiger charge is -2.28. The summed E-state index contributed by atoms with van der Waals surface area (Å²) >= 11 is 0. The number of nitrogens with one attached hydrogen (secondary N) is 3. The molecule has 1 aliphatic heterocycles. The van der Waals surface area contributed by atoms with E-state index in [2.05, 4.69) is 16.0 Å². The van der Waals surface area contributed by atoms with Crippen LogP contribution in [0.2, 0.25) is 0 Å². The number of fused-ring (bicyclic) bond motifs is 1. The Balaban J connectivity index is 1.48. The van der Waals surface area contributed by atoms with Gasteiger partial charge in [-0.3, -0.25) is 9.59 Å². The molecular formula is C22H25N3O4. The summed E-state index contributed by atoms with van der Waals surface area (Å²) in [6.45, 7) is 3.61. The van der Waals surface area contributed by atoms with Gasteiger partial charge in [-0.1, -0.05) is 48.5 Å². The molecule has 0 spiro atoms. The fourth-order valence-corrected chi connectivity index (χ4v) is 3.20. The van der Waals surface area contributed by atoms with Crippen LogP contribution in [0, 0.1) is 0 Å². The number of anilines is 1. The smallest absolute Gasteiger partial charge is 0.407 e. The first-order chi connectivity index (χ1) is 13.8. The van der Waals surface area contributed by atoms with Crippen LogP contribution in [0.4, 0.5) is 10.5 Å². The Morgan fingerprint density at radius 2 is 1.79 bits per heavy atom. The lowest BCUT2D eigenvalue weighted by molar-refractivity contribution is -0.127. The molecule has 2 aromatic rings. The Labute approximate surface area is 169 Å². The minimum atomic E-state index is -0.832. The maximum absolute atomic E-state index is 12.5. The van der Waals surface area contributed by atoms with E-state index in [-0.39, 0.29) is 24.8 Å². The Morgan fingerprint density at radius 3 is 2.55 bits per heavy atom. The van der Waals surface area contributed by atoms with Crippen molar-refractivity contribution < 1.29 is 19.1 Å². The van der Waals surface area contributed by atoms with Crippen molar-refractivity contribution in [2.45, 2.75) is 44.9 Å².